The molecule has 0 radical (unpaired) electrons. The van der Waals surface area contributed by atoms with Crippen molar-refractivity contribution in [2.24, 2.45) is 0 Å². The molecular weight excluding hydrogens is 220 g/mol. The minimum absolute atomic E-state index is 0.837. The maximum Gasteiger partial charge on any atom is 0.0317 e. The second-order valence-electron chi connectivity index (χ2n) is 4.84. The van der Waals surface area contributed by atoms with Crippen LogP contribution >= 0.6 is 0 Å². The van der Waals surface area contributed by atoms with Gasteiger partial charge in [-0.2, -0.15) is 0 Å². The van der Waals surface area contributed by atoms with Crippen molar-refractivity contribution >= 4 is 5.69 Å². The third kappa shape index (κ3) is 3.34. The van der Waals surface area contributed by atoms with E-state index in [4.69, 9.17) is 5.73 Å². The topological polar surface area (TPSA) is 29.3 Å². The largest absolute Gasteiger partial charge is 0.399 e. The summed E-state index contributed by atoms with van der Waals surface area (Å²) >= 11 is 0. The van der Waals surface area contributed by atoms with Crippen LogP contribution in [0.25, 0.3) is 0 Å². The first kappa shape index (κ1) is 12.7. The van der Waals surface area contributed by atoms with E-state index < -0.39 is 0 Å². The normalized spacial score (nSPS) is 10.8. The van der Waals surface area contributed by atoms with E-state index in [2.05, 4.69) is 55.3 Å². The van der Waals surface area contributed by atoms with Crippen LogP contribution in [-0.2, 0) is 13.1 Å². The van der Waals surface area contributed by atoms with Crippen LogP contribution in [0.1, 0.15) is 16.7 Å². The molecule has 0 saturated carbocycles. The van der Waals surface area contributed by atoms with Crippen LogP contribution in [0.4, 0.5) is 5.69 Å². The quantitative estimate of drug-likeness (QED) is 0.831. The van der Waals surface area contributed by atoms with Gasteiger partial charge in [-0.15, -0.1) is 0 Å². The lowest BCUT2D eigenvalue weighted by Crippen LogP contribution is -2.17. The molecule has 0 aliphatic heterocycles. The predicted molar refractivity (Wildman–Crippen MR) is 77.2 cm³/mol. The van der Waals surface area contributed by atoms with E-state index in [0.717, 1.165) is 18.8 Å². The molecule has 2 heteroatoms. The molecule has 2 nitrogen and oxygen atoms in total. The number of aryl methyl sites for hydroxylation is 1. The molecule has 0 amide bonds. The van der Waals surface area contributed by atoms with Gasteiger partial charge in [-0.1, -0.05) is 36.4 Å². The lowest BCUT2D eigenvalue weighted by Gasteiger charge is -2.18. The van der Waals surface area contributed by atoms with Crippen molar-refractivity contribution in [1.29, 1.82) is 0 Å². The Bertz CT molecular complexity index is 506. The number of rotatable bonds is 4. The fraction of sp³-hybridized carbons (Fsp3) is 0.250. The Hall–Kier alpha value is -1.80. The van der Waals surface area contributed by atoms with Gasteiger partial charge in [0.15, 0.2) is 0 Å². The molecule has 0 aromatic heterocycles. The van der Waals surface area contributed by atoms with E-state index in [1.54, 1.807) is 0 Å². The molecular formula is C16H20N2. The van der Waals surface area contributed by atoms with Crippen LogP contribution in [0.2, 0.25) is 0 Å². The van der Waals surface area contributed by atoms with Gasteiger partial charge in [0, 0.05) is 18.8 Å². The van der Waals surface area contributed by atoms with Gasteiger partial charge in [-0.05, 0) is 42.8 Å². The standard InChI is InChI=1S/C16H20N2/c1-13-8-9-16(17)10-15(13)12-18(2)11-14-6-4-3-5-7-14/h3-10H,11-12,17H2,1-2H3. The molecule has 18 heavy (non-hydrogen) atoms. The summed E-state index contributed by atoms with van der Waals surface area (Å²) in [6, 6.07) is 16.6. The zero-order valence-corrected chi connectivity index (χ0v) is 11.1. The summed E-state index contributed by atoms with van der Waals surface area (Å²) in [7, 11) is 2.13. The molecule has 0 saturated heterocycles. The average molecular weight is 240 g/mol. The van der Waals surface area contributed by atoms with Gasteiger partial charge in [0.05, 0.1) is 0 Å². The SMILES string of the molecule is Cc1ccc(N)cc1CN(C)Cc1ccccc1. The highest BCUT2D eigenvalue weighted by molar-refractivity contribution is 5.44. The minimum Gasteiger partial charge on any atom is -0.399 e. The highest BCUT2D eigenvalue weighted by Gasteiger charge is 2.04. The van der Waals surface area contributed by atoms with Crippen molar-refractivity contribution in [3.8, 4) is 0 Å². The molecule has 0 aliphatic carbocycles. The molecule has 0 aliphatic rings. The summed E-state index contributed by atoms with van der Waals surface area (Å²) in [5.41, 5.74) is 10.6. The van der Waals surface area contributed by atoms with Crippen LogP contribution in [0, 0.1) is 6.92 Å². The molecule has 2 aromatic rings. The van der Waals surface area contributed by atoms with Crippen molar-refractivity contribution in [3.05, 3.63) is 65.2 Å². The van der Waals surface area contributed by atoms with Crippen molar-refractivity contribution in [1.82, 2.24) is 4.90 Å². The molecule has 94 valence electrons. The Morgan fingerprint density at radius 1 is 1.00 bits per heavy atom. The van der Waals surface area contributed by atoms with Gasteiger partial charge in [-0.3, -0.25) is 4.90 Å². The highest BCUT2D eigenvalue weighted by Crippen LogP contribution is 2.15. The molecule has 0 bridgehead atoms. The number of benzene rings is 2. The first-order chi connectivity index (χ1) is 8.65. The maximum atomic E-state index is 5.84. The maximum absolute atomic E-state index is 5.84. The van der Waals surface area contributed by atoms with Gasteiger partial charge >= 0.3 is 0 Å². The number of nitrogen functional groups attached to an aromatic ring is 1. The molecule has 2 rings (SSSR count). The number of anilines is 1. The van der Waals surface area contributed by atoms with Crippen LogP contribution in [0.15, 0.2) is 48.5 Å². The van der Waals surface area contributed by atoms with Gasteiger partial charge in [0.25, 0.3) is 0 Å². The lowest BCUT2D eigenvalue weighted by atomic mass is 10.1. The summed E-state index contributed by atoms with van der Waals surface area (Å²) in [6.07, 6.45) is 0. The van der Waals surface area contributed by atoms with E-state index in [-0.39, 0.29) is 0 Å². The summed E-state index contributed by atoms with van der Waals surface area (Å²) < 4.78 is 0. The van der Waals surface area contributed by atoms with E-state index in [9.17, 15) is 0 Å². The lowest BCUT2D eigenvalue weighted by molar-refractivity contribution is 0.318. The van der Waals surface area contributed by atoms with Crippen molar-refractivity contribution in [2.75, 3.05) is 12.8 Å². The number of hydrogen-bond donors (Lipinski definition) is 1. The molecule has 0 unspecified atom stereocenters. The Morgan fingerprint density at radius 2 is 1.72 bits per heavy atom. The Balaban J connectivity index is 2.03. The van der Waals surface area contributed by atoms with Crippen molar-refractivity contribution in [2.45, 2.75) is 20.0 Å². The zero-order valence-electron chi connectivity index (χ0n) is 11.1. The van der Waals surface area contributed by atoms with E-state index in [0.29, 0.717) is 0 Å². The number of nitrogens with two attached hydrogens (primary N) is 1. The first-order valence-electron chi connectivity index (χ1n) is 6.22. The third-order valence-corrected chi connectivity index (χ3v) is 3.11. The molecule has 0 heterocycles. The summed E-state index contributed by atoms with van der Waals surface area (Å²) in [4.78, 5) is 2.30. The van der Waals surface area contributed by atoms with Crippen LogP contribution < -0.4 is 5.73 Å². The summed E-state index contributed by atoms with van der Waals surface area (Å²) in [5.74, 6) is 0. The smallest absolute Gasteiger partial charge is 0.0317 e. The fourth-order valence-corrected chi connectivity index (χ4v) is 2.10. The molecule has 2 N–H and O–H groups in total. The summed E-state index contributed by atoms with van der Waals surface area (Å²) in [6.45, 7) is 4.01. The zero-order chi connectivity index (χ0) is 13.0. The van der Waals surface area contributed by atoms with Gasteiger partial charge in [0.2, 0.25) is 0 Å². The van der Waals surface area contributed by atoms with Crippen LogP contribution in [0.5, 0.6) is 0 Å². The highest BCUT2D eigenvalue weighted by atomic mass is 15.1. The van der Waals surface area contributed by atoms with Crippen molar-refractivity contribution < 1.29 is 0 Å². The third-order valence-electron chi connectivity index (χ3n) is 3.11. The fourth-order valence-electron chi connectivity index (χ4n) is 2.10. The van der Waals surface area contributed by atoms with Gasteiger partial charge in [0.1, 0.15) is 0 Å². The van der Waals surface area contributed by atoms with Gasteiger partial charge < -0.3 is 5.73 Å². The summed E-state index contributed by atoms with van der Waals surface area (Å²) in [5, 5.41) is 0. The Kier molecular flexibility index (Phi) is 4.00. The Labute approximate surface area is 109 Å². The van der Waals surface area contributed by atoms with Crippen LogP contribution in [-0.4, -0.2) is 11.9 Å². The molecule has 2 aromatic carbocycles. The monoisotopic (exact) mass is 240 g/mol. The van der Waals surface area contributed by atoms with Crippen molar-refractivity contribution in [3.63, 3.8) is 0 Å². The Morgan fingerprint density at radius 3 is 2.44 bits per heavy atom. The molecule has 0 atom stereocenters. The second-order valence-corrected chi connectivity index (χ2v) is 4.84. The molecule has 0 fully saturated rings. The van der Waals surface area contributed by atoms with E-state index in [1.807, 2.05) is 12.1 Å². The predicted octanol–water partition coefficient (Wildman–Crippen LogP) is 3.21. The number of nitrogens with zero attached hydrogens (tertiary/aromatic N) is 1. The van der Waals surface area contributed by atoms with E-state index in [1.165, 1.54) is 16.7 Å². The van der Waals surface area contributed by atoms with Crippen LogP contribution in [0.3, 0.4) is 0 Å². The molecule has 0 spiro atoms. The average Bonchev–Trinajstić information content (AvgIpc) is 2.35. The van der Waals surface area contributed by atoms with Gasteiger partial charge in [-0.25, -0.2) is 0 Å². The number of hydrogen-bond acceptors (Lipinski definition) is 2. The van der Waals surface area contributed by atoms with E-state index >= 15 is 0 Å². The first-order valence-corrected chi connectivity index (χ1v) is 6.22. The minimum atomic E-state index is 0.837. The second kappa shape index (κ2) is 5.69.